The van der Waals surface area contributed by atoms with Gasteiger partial charge in [-0.3, -0.25) is 0 Å². The standard InChI is InChI=1S/C22H28N4O2/c1-17-4-2-9-25(17)10-3-11-28-21-7-8-22-18(12-21)5-6-19(15-27)26(22)20-13-23-16-24-14-20/h7-8,12-17,19H,2-6,9-11H2,1H3/t17-,19?/m1/s1. The van der Waals surface area contributed by atoms with Gasteiger partial charge in [-0.15, -0.1) is 0 Å². The number of benzene rings is 1. The summed E-state index contributed by atoms with van der Waals surface area (Å²) in [6, 6.07) is 6.69. The Morgan fingerprint density at radius 1 is 1.25 bits per heavy atom. The van der Waals surface area contributed by atoms with Gasteiger partial charge >= 0.3 is 0 Å². The number of nitrogens with zero attached hydrogens (tertiary/aromatic N) is 4. The Morgan fingerprint density at radius 3 is 2.86 bits per heavy atom. The minimum Gasteiger partial charge on any atom is -0.494 e. The maximum absolute atomic E-state index is 11.6. The van der Waals surface area contributed by atoms with Crippen LogP contribution >= 0.6 is 0 Å². The van der Waals surface area contributed by atoms with Crippen molar-refractivity contribution in [3.63, 3.8) is 0 Å². The summed E-state index contributed by atoms with van der Waals surface area (Å²) in [5, 5.41) is 0. The molecule has 1 aromatic heterocycles. The highest BCUT2D eigenvalue weighted by atomic mass is 16.5. The number of likely N-dealkylation sites (tertiary alicyclic amines) is 1. The predicted molar refractivity (Wildman–Crippen MR) is 109 cm³/mol. The fraction of sp³-hybridized carbons (Fsp3) is 0.500. The van der Waals surface area contributed by atoms with Gasteiger partial charge in [0.25, 0.3) is 0 Å². The molecule has 2 aliphatic heterocycles. The number of anilines is 2. The van der Waals surface area contributed by atoms with E-state index in [9.17, 15) is 4.79 Å². The number of hydrogen-bond donors (Lipinski definition) is 0. The topological polar surface area (TPSA) is 58.6 Å². The average Bonchev–Trinajstić information content (AvgIpc) is 3.15. The van der Waals surface area contributed by atoms with Crippen molar-refractivity contribution in [1.29, 1.82) is 0 Å². The number of hydrogen-bond acceptors (Lipinski definition) is 6. The average molecular weight is 380 g/mol. The number of fused-ring (bicyclic) bond motifs is 1. The molecule has 3 heterocycles. The maximum Gasteiger partial charge on any atom is 0.142 e. The summed E-state index contributed by atoms with van der Waals surface area (Å²) in [6.45, 7) is 5.37. The Bertz CT molecular complexity index is 798. The van der Waals surface area contributed by atoms with Gasteiger partial charge in [0.1, 0.15) is 18.4 Å². The van der Waals surface area contributed by atoms with Gasteiger partial charge in [-0.25, -0.2) is 9.97 Å². The van der Waals surface area contributed by atoms with Gasteiger partial charge in [-0.05, 0) is 69.3 Å². The quantitative estimate of drug-likeness (QED) is 0.542. The monoisotopic (exact) mass is 380 g/mol. The molecule has 0 N–H and O–H groups in total. The van der Waals surface area contributed by atoms with Crippen molar-refractivity contribution in [2.45, 2.75) is 51.1 Å². The molecule has 1 saturated heterocycles. The Kier molecular flexibility index (Phi) is 5.86. The van der Waals surface area contributed by atoms with Crippen LogP contribution in [-0.4, -0.2) is 52.9 Å². The van der Waals surface area contributed by atoms with Gasteiger partial charge in [0.15, 0.2) is 0 Å². The van der Waals surface area contributed by atoms with Gasteiger partial charge in [0, 0.05) is 18.3 Å². The van der Waals surface area contributed by atoms with Crippen molar-refractivity contribution >= 4 is 17.7 Å². The van der Waals surface area contributed by atoms with Crippen molar-refractivity contribution in [1.82, 2.24) is 14.9 Å². The second-order valence-electron chi connectivity index (χ2n) is 7.73. The number of ether oxygens (including phenoxy) is 1. The molecule has 0 spiro atoms. The number of rotatable bonds is 7. The zero-order valence-electron chi connectivity index (χ0n) is 16.5. The fourth-order valence-electron chi connectivity index (χ4n) is 4.36. The smallest absolute Gasteiger partial charge is 0.142 e. The van der Waals surface area contributed by atoms with E-state index in [0.717, 1.165) is 55.8 Å². The van der Waals surface area contributed by atoms with Crippen LogP contribution in [0.2, 0.25) is 0 Å². The third-order valence-corrected chi connectivity index (χ3v) is 5.88. The third kappa shape index (κ3) is 4.02. The van der Waals surface area contributed by atoms with Crippen molar-refractivity contribution < 1.29 is 9.53 Å². The van der Waals surface area contributed by atoms with Crippen LogP contribution in [0.15, 0.2) is 36.9 Å². The van der Waals surface area contributed by atoms with Gasteiger partial charge in [0.05, 0.1) is 30.7 Å². The first kappa shape index (κ1) is 18.9. The molecule has 1 fully saturated rings. The Hall–Kier alpha value is -2.47. The lowest BCUT2D eigenvalue weighted by atomic mass is 9.95. The van der Waals surface area contributed by atoms with E-state index in [1.165, 1.54) is 31.3 Å². The molecule has 0 radical (unpaired) electrons. The first-order valence-corrected chi connectivity index (χ1v) is 10.3. The van der Waals surface area contributed by atoms with E-state index in [1.807, 2.05) is 11.0 Å². The van der Waals surface area contributed by atoms with Crippen LogP contribution in [0.3, 0.4) is 0 Å². The number of aryl methyl sites for hydroxylation is 1. The summed E-state index contributed by atoms with van der Waals surface area (Å²) >= 11 is 0. The summed E-state index contributed by atoms with van der Waals surface area (Å²) in [6.07, 6.45) is 11.3. The minimum absolute atomic E-state index is 0.187. The second-order valence-corrected chi connectivity index (χ2v) is 7.73. The molecular weight excluding hydrogens is 352 g/mol. The molecule has 2 aliphatic rings. The number of aromatic nitrogens is 2. The van der Waals surface area contributed by atoms with Crippen molar-refractivity contribution in [3.8, 4) is 5.75 Å². The molecule has 0 bridgehead atoms. The molecule has 0 saturated carbocycles. The molecule has 1 aromatic carbocycles. The van der Waals surface area contributed by atoms with E-state index in [0.29, 0.717) is 6.04 Å². The first-order valence-electron chi connectivity index (χ1n) is 10.3. The molecule has 0 amide bonds. The van der Waals surface area contributed by atoms with Crippen LogP contribution in [0.4, 0.5) is 11.4 Å². The molecule has 4 rings (SSSR count). The fourth-order valence-corrected chi connectivity index (χ4v) is 4.36. The SMILES string of the molecule is C[C@@H]1CCCN1CCCOc1ccc2c(c1)CCC(C=O)N2c1cncnc1. The Labute approximate surface area is 166 Å². The van der Waals surface area contributed by atoms with Crippen LogP contribution in [0.25, 0.3) is 0 Å². The second kappa shape index (κ2) is 8.69. The van der Waals surface area contributed by atoms with E-state index in [2.05, 4.69) is 33.9 Å². The van der Waals surface area contributed by atoms with Crippen LogP contribution in [0.5, 0.6) is 5.75 Å². The van der Waals surface area contributed by atoms with E-state index in [1.54, 1.807) is 12.4 Å². The van der Waals surface area contributed by atoms with E-state index < -0.39 is 0 Å². The normalized spacial score (nSPS) is 22.1. The van der Waals surface area contributed by atoms with E-state index in [4.69, 9.17) is 4.74 Å². The molecule has 2 atom stereocenters. The first-order chi connectivity index (χ1) is 13.8. The van der Waals surface area contributed by atoms with Crippen LogP contribution in [0.1, 0.15) is 38.2 Å². The molecule has 6 heteroatoms. The summed E-state index contributed by atoms with van der Waals surface area (Å²) in [5.41, 5.74) is 3.08. The molecule has 0 aliphatic carbocycles. The Morgan fingerprint density at radius 2 is 2.11 bits per heavy atom. The van der Waals surface area contributed by atoms with E-state index in [-0.39, 0.29) is 6.04 Å². The number of carbonyl (C=O) groups excluding carboxylic acids is 1. The third-order valence-electron chi connectivity index (χ3n) is 5.88. The summed E-state index contributed by atoms with van der Waals surface area (Å²) in [4.78, 5) is 24.4. The highest BCUT2D eigenvalue weighted by molar-refractivity contribution is 5.77. The van der Waals surface area contributed by atoms with Crippen molar-refractivity contribution in [2.24, 2.45) is 0 Å². The lowest BCUT2D eigenvalue weighted by molar-refractivity contribution is -0.109. The van der Waals surface area contributed by atoms with Gasteiger partial charge in [-0.2, -0.15) is 0 Å². The van der Waals surface area contributed by atoms with Crippen LogP contribution in [-0.2, 0) is 11.2 Å². The Balaban J connectivity index is 1.42. The molecule has 1 unspecified atom stereocenters. The highest BCUT2D eigenvalue weighted by Gasteiger charge is 2.28. The lowest BCUT2D eigenvalue weighted by Gasteiger charge is -2.35. The van der Waals surface area contributed by atoms with E-state index >= 15 is 0 Å². The lowest BCUT2D eigenvalue weighted by Crippen LogP contribution is -2.36. The molecular formula is C22H28N4O2. The highest BCUT2D eigenvalue weighted by Crippen LogP contribution is 2.37. The largest absolute Gasteiger partial charge is 0.494 e. The number of carbonyl (C=O) groups is 1. The van der Waals surface area contributed by atoms with Crippen LogP contribution in [0, 0.1) is 0 Å². The molecule has 2 aromatic rings. The molecule has 6 nitrogen and oxygen atoms in total. The van der Waals surface area contributed by atoms with Gasteiger partial charge in [0.2, 0.25) is 0 Å². The predicted octanol–water partition coefficient (Wildman–Crippen LogP) is 3.38. The number of aldehydes is 1. The van der Waals surface area contributed by atoms with Crippen molar-refractivity contribution in [2.75, 3.05) is 24.6 Å². The minimum atomic E-state index is -0.187. The molecule has 148 valence electrons. The summed E-state index contributed by atoms with van der Waals surface area (Å²) in [5.74, 6) is 0.905. The zero-order chi connectivity index (χ0) is 19.3. The zero-order valence-corrected chi connectivity index (χ0v) is 16.5. The van der Waals surface area contributed by atoms with Gasteiger partial charge in [-0.1, -0.05) is 0 Å². The van der Waals surface area contributed by atoms with Crippen LogP contribution < -0.4 is 9.64 Å². The van der Waals surface area contributed by atoms with Gasteiger partial charge < -0.3 is 19.3 Å². The summed E-state index contributed by atoms with van der Waals surface area (Å²) < 4.78 is 6.02. The molecule has 28 heavy (non-hydrogen) atoms. The van der Waals surface area contributed by atoms with Crippen molar-refractivity contribution in [3.05, 3.63) is 42.5 Å². The summed E-state index contributed by atoms with van der Waals surface area (Å²) in [7, 11) is 0. The maximum atomic E-state index is 11.6.